The lowest BCUT2D eigenvalue weighted by atomic mass is 10.3. The van der Waals surface area contributed by atoms with Crippen molar-refractivity contribution < 1.29 is 13.2 Å². The molecule has 0 atom stereocenters. The van der Waals surface area contributed by atoms with E-state index in [9.17, 15) is 22.8 Å². The summed E-state index contributed by atoms with van der Waals surface area (Å²) in [7, 11) is 0.573. The first-order valence-electron chi connectivity index (χ1n) is 4.56. The highest BCUT2D eigenvalue weighted by Crippen LogP contribution is 2.25. The molecule has 18 heavy (non-hydrogen) atoms. The molecule has 0 saturated heterocycles. The lowest BCUT2D eigenvalue weighted by molar-refractivity contribution is 0.0976. The molecule has 1 aromatic heterocycles. The van der Waals surface area contributed by atoms with Gasteiger partial charge in [0.25, 0.3) is 11.5 Å². The number of carbonyl (C=O) groups excluding carboxylic acids is 1. The second-order valence-corrected chi connectivity index (χ2v) is 6.69. The zero-order valence-corrected chi connectivity index (χ0v) is 11.0. The molecule has 1 aromatic rings. The van der Waals surface area contributed by atoms with E-state index in [0.717, 1.165) is 11.8 Å². The Kier molecular flexibility index (Phi) is 3.25. The number of aromatic nitrogens is 2. The number of thioether (sulfide) groups is 1. The molecule has 2 N–H and O–H groups in total. The molecule has 11 heteroatoms. The number of nitrogens with one attached hydrogen (secondary N) is 2. The van der Waals surface area contributed by atoms with Gasteiger partial charge in [0.05, 0.1) is 5.03 Å². The van der Waals surface area contributed by atoms with Crippen LogP contribution >= 0.6 is 22.4 Å². The normalized spacial score (nSPS) is 14.3. The minimum absolute atomic E-state index is 0.140. The summed E-state index contributed by atoms with van der Waals surface area (Å²) in [5.41, 5.74) is -2.01. The highest BCUT2D eigenvalue weighted by Gasteiger charge is 2.26. The molecule has 0 aromatic carbocycles. The maximum Gasteiger partial charge on any atom is 0.329 e. The van der Waals surface area contributed by atoms with Gasteiger partial charge in [-0.15, -0.1) is 11.8 Å². The first kappa shape index (κ1) is 13.2. The summed E-state index contributed by atoms with van der Waals surface area (Å²) in [4.78, 5) is 36.5. The number of aromatic amines is 1. The summed E-state index contributed by atoms with van der Waals surface area (Å²) in [5.74, 6) is -0.648. The number of fused-ring (bicyclic) bond motifs is 1. The Morgan fingerprint density at radius 1 is 1.44 bits per heavy atom. The largest absolute Gasteiger partial charge is 0.329 e. The van der Waals surface area contributed by atoms with Crippen LogP contribution in [-0.4, -0.2) is 29.6 Å². The third-order valence-corrected chi connectivity index (χ3v) is 3.89. The van der Waals surface area contributed by atoms with E-state index in [1.165, 1.54) is 9.29 Å². The van der Waals surface area contributed by atoms with Crippen LogP contribution < -0.4 is 16.0 Å². The highest BCUT2D eigenvalue weighted by atomic mass is 35.7. The van der Waals surface area contributed by atoms with Gasteiger partial charge >= 0.3 is 14.9 Å². The molecule has 1 aliphatic rings. The van der Waals surface area contributed by atoms with E-state index in [1.54, 1.807) is 0 Å². The fourth-order valence-electron chi connectivity index (χ4n) is 1.50. The van der Waals surface area contributed by atoms with Crippen molar-refractivity contribution >= 4 is 37.6 Å². The lowest BCUT2D eigenvalue weighted by Gasteiger charge is -2.06. The summed E-state index contributed by atoms with van der Waals surface area (Å²) >= 11 is 1.12. The first-order valence-corrected chi connectivity index (χ1v) is 7.86. The summed E-state index contributed by atoms with van der Waals surface area (Å²) in [6, 6.07) is 0. The van der Waals surface area contributed by atoms with Crippen molar-refractivity contribution in [1.82, 2.24) is 14.3 Å². The summed E-state index contributed by atoms with van der Waals surface area (Å²) in [6.07, 6.45) is 0. The van der Waals surface area contributed by atoms with Gasteiger partial charge in [0, 0.05) is 23.0 Å². The minimum atomic E-state index is -4.29. The Morgan fingerprint density at radius 2 is 2.11 bits per heavy atom. The van der Waals surface area contributed by atoms with Crippen molar-refractivity contribution in [3.63, 3.8) is 0 Å². The number of hydrogen-bond donors (Lipinski definition) is 2. The van der Waals surface area contributed by atoms with Crippen LogP contribution in [0.2, 0.25) is 0 Å². The lowest BCUT2D eigenvalue weighted by Crippen LogP contribution is -2.38. The molecule has 1 amide bonds. The SMILES string of the molecule is O=C(NS(=O)(=O)Cl)c1c2n(c(=O)[nH]c1=O)CCS2. The van der Waals surface area contributed by atoms with Crippen molar-refractivity contribution in [2.45, 2.75) is 11.6 Å². The van der Waals surface area contributed by atoms with Gasteiger partial charge in [0.1, 0.15) is 5.56 Å². The number of nitrogens with zero attached hydrogens (tertiary/aromatic N) is 1. The Labute approximate surface area is 109 Å². The molecule has 0 aliphatic carbocycles. The first-order chi connectivity index (χ1) is 8.29. The van der Waals surface area contributed by atoms with Gasteiger partial charge in [-0.3, -0.25) is 19.1 Å². The van der Waals surface area contributed by atoms with Gasteiger partial charge in [0.2, 0.25) is 0 Å². The number of rotatable bonds is 2. The quantitative estimate of drug-likeness (QED) is 0.526. The average Bonchev–Trinajstić information content (AvgIpc) is 2.63. The summed E-state index contributed by atoms with van der Waals surface area (Å²) in [5, 5.41) is 0.140. The van der Waals surface area contributed by atoms with Crippen LogP contribution in [0, 0.1) is 0 Å². The topological polar surface area (TPSA) is 118 Å². The summed E-state index contributed by atoms with van der Waals surface area (Å²) in [6.45, 7) is 0.337. The van der Waals surface area contributed by atoms with E-state index >= 15 is 0 Å². The van der Waals surface area contributed by atoms with Crippen LogP contribution in [0.4, 0.5) is 0 Å². The number of amides is 1. The van der Waals surface area contributed by atoms with Crippen molar-refractivity contribution in [3.05, 3.63) is 26.4 Å². The van der Waals surface area contributed by atoms with E-state index in [4.69, 9.17) is 10.7 Å². The zero-order valence-electron chi connectivity index (χ0n) is 8.60. The Balaban J connectivity index is 2.59. The molecule has 8 nitrogen and oxygen atoms in total. The van der Waals surface area contributed by atoms with Crippen molar-refractivity contribution in [2.75, 3.05) is 5.75 Å². The maximum absolute atomic E-state index is 11.6. The van der Waals surface area contributed by atoms with E-state index in [0.29, 0.717) is 12.3 Å². The van der Waals surface area contributed by atoms with E-state index < -0.39 is 32.0 Å². The second-order valence-electron chi connectivity index (χ2n) is 3.31. The number of halogens is 1. The van der Waals surface area contributed by atoms with E-state index in [-0.39, 0.29) is 5.03 Å². The molecule has 0 unspecified atom stereocenters. The van der Waals surface area contributed by atoms with Crippen LogP contribution in [0.3, 0.4) is 0 Å². The molecule has 0 saturated carbocycles. The molecule has 0 bridgehead atoms. The fraction of sp³-hybridized carbons (Fsp3) is 0.286. The standard InChI is InChI=1S/C7H6ClN3O5S2/c8-18(15,16)10-5(13)3-4(12)9-7(14)11-1-2-17-6(3)11/h1-2H2,(H,10,13)(H,9,12,14). The molecular formula is C7H6ClN3O5S2. The van der Waals surface area contributed by atoms with Crippen LogP contribution in [0.5, 0.6) is 0 Å². The average molecular weight is 312 g/mol. The molecule has 0 fully saturated rings. The number of hydrogen-bond acceptors (Lipinski definition) is 6. The fourth-order valence-corrected chi connectivity index (χ4v) is 3.16. The molecule has 98 valence electrons. The van der Waals surface area contributed by atoms with E-state index in [2.05, 4.69) is 0 Å². The second kappa shape index (κ2) is 4.44. The predicted octanol–water partition coefficient (Wildman–Crippen LogP) is -1.14. The van der Waals surface area contributed by atoms with Crippen LogP contribution in [0.15, 0.2) is 14.6 Å². The van der Waals surface area contributed by atoms with Crippen molar-refractivity contribution in [3.8, 4) is 0 Å². The molecular weight excluding hydrogens is 306 g/mol. The van der Waals surface area contributed by atoms with Gasteiger partial charge in [-0.25, -0.2) is 9.52 Å². The van der Waals surface area contributed by atoms with Crippen LogP contribution in [0.25, 0.3) is 0 Å². The van der Waals surface area contributed by atoms with Gasteiger partial charge in [-0.05, 0) is 0 Å². The molecule has 0 spiro atoms. The molecule has 2 heterocycles. The van der Waals surface area contributed by atoms with Crippen molar-refractivity contribution in [1.29, 1.82) is 0 Å². The Hall–Kier alpha value is -1.26. The molecule has 2 rings (SSSR count). The highest BCUT2D eigenvalue weighted by molar-refractivity contribution is 8.12. The van der Waals surface area contributed by atoms with Crippen molar-refractivity contribution in [2.24, 2.45) is 0 Å². The molecule has 1 aliphatic heterocycles. The third kappa shape index (κ3) is 2.44. The van der Waals surface area contributed by atoms with Gasteiger partial charge < -0.3 is 0 Å². The minimum Gasteiger partial charge on any atom is -0.286 e. The van der Waals surface area contributed by atoms with E-state index in [1.807, 2.05) is 4.98 Å². The van der Waals surface area contributed by atoms with Gasteiger partial charge in [-0.1, -0.05) is 0 Å². The van der Waals surface area contributed by atoms with Gasteiger partial charge in [0.15, 0.2) is 0 Å². The Morgan fingerprint density at radius 3 is 2.72 bits per heavy atom. The third-order valence-electron chi connectivity index (χ3n) is 2.15. The predicted molar refractivity (Wildman–Crippen MR) is 64.3 cm³/mol. The maximum atomic E-state index is 11.6. The summed E-state index contributed by atoms with van der Waals surface area (Å²) < 4.78 is 24.2. The molecule has 0 radical (unpaired) electrons. The number of H-pyrrole nitrogens is 1. The number of carbonyl (C=O) groups is 1. The van der Waals surface area contributed by atoms with Crippen LogP contribution in [0.1, 0.15) is 10.4 Å². The zero-order chi connectivity index (χ0) is 13.5. The van der Waals surface area contributed by atoms with Crippen LogP contribution in [-0.2, 0) is 15.8 Å². The Bertz CT molecular complexity index is 734. The monoisotopic (exact) mass is 311 g/mol. The van der Waals surface area contributed by atoms with Gasteiger partial charge in [-0.2, -0.15) is 8.42 Å². The smallest absolute Gasteiger partial charge is 0.286 e.